The van der Waals surface area contributed by atoms with E-state index in [0.29, 0.717) is 12.5 Å². The molecule has 0 spiro atoms. The zero-order chi connectivity index (χ0) is 17.6. The van der Waals surface area contributed by atoms with E-state index in [-0.39, 0.29) is 35.3 Å². The molecule has 3 nitrogen and oxygen atoms in total. The minimum absolute atomic E-state index is 0. The second-order valence-electron chi connectivity index (χ2n) is 6.74. The van der Waals surface area contributed by atoms with Crippen LogP contribution >= 0.6 is 45.2 Å². The predicted octanol–water partition coefficient (Wildman–Crippen LogP) is 0.975. The summed E-state index contributed by atoms with van der Waals surface area (Å²) < 4.78 is 1.94. The molecule has 2 aromatic carbocycles. The SMILES string of the molecule is [Na+].[O-]c1c(I)cc(I)cc1CNCC1CCCN(Cc2ccccc2)C1. The van der Waals surface area contributed by atoms with Crippen LogP contribution in [0, 0.1) is 13.1 Å². The Balaban J connectivity index is 0.00000243. The van der Waals surface area contributed by atoms with Gasteiger partial charge < -0.3 is 10.4 Å². The van der Waals surface area contributed by atoms with Gasteiger partial charge in [0, 0.05) is 26.8 Å². The van der Waals surface area contributed by atoms with Crippen molar-refractivity contribution in [3.8, 4) is 5.75 Å². The monoisotopic (exact) mass is 584 g/mol. The zero-order valence-corrected chi connectivity index (χ0v) is 21.5. The van der Waals surface area contributed by atoms with E-state index in [0.717, 1.165) is 32.3 Å². The summed E-state index contributed by atoms with van der Waals surface area (Å²) in [4.78, 5) is 2.55. The summed E-state index contributed by atoms with van der Waals surface area (Å²) in [5.41, 5.74) is 2.27. The molecule has 6 heteroatoms. The number of rotatable bonds is 6. The van der Waals surface area contributed by atoms with Crippen LogP contribution < -0.4 is 40.0 Å². The van der Waals surface area contributed by atoms with Gasteiger partial charge in [-0.1, -0.05) is 36.1 Å². The normalized spacial score (nSPS) is 17.7. The molecule has 0 saturated carbocycles. The Hall–Kier alpha value is 0.620. The molecule has 3 rings (SSSR count). The van der Waals surface area contributed by atoms with Crippen molar-refractivity contribution >= 4 is 45.2 Å². The number of piperidine rings is 1. The van der Waals surface area contributed by atoms with Crippen molar-refractivity contribution in [3.63, 3.8) is 0 Å². The van der Waals surface area contributed by atoms with Gasteiger partial charge in [-0.25, -0.2) is 0 Å². The van der Waals surface area contributed by atoms with E-state index in [4.69, 9.17) is 0 Å². The summed E-state index contributed by atoms with van der Waals surface area (Å²) in [5, 5.41) is 15.7. The van der Waals surface area contributed by atoms with Gasteiger partial charge in [0.15, 0.2) is 0 Å². The largest absolute Gasteiger partial charge is 1.00 e. The summed E-state index contributed by atoms with van der Waals surface area (Å²) in [7, 11) is 0. The van der Waals surface area contributed by atoms with Gasteiger partial charge in [0.2, 0.25) is 0 Å². The molecule has 0 radical (unpaired) electrons. The molecular formula is C20H23I2N2NaO. The van der Waals surface area contributed by atoms with Crippen molar-refractivity contribution in [1.82, 2.24) is 10.2 Å². The fourth-order valence-electron chi connectivity index (χ4n) is 3.46. The van der Waals surface area contributed by atoms with Gasteiger partial charge in [0.25, 0.3) is 0 Å². The fraction of sp³-hybridized carbons (Fsp3) is 0.400. The molecule has 1 unspecified atom stereocenters. The molecule has 1 aliphatic heterocycles. The number of likely N-dealkylation sites (tertiary alicyclic amines) is 1. The molecule has 0 bridgehead atoms. The van der Waals surface area contributed by atoms with E-state index in [1.807, 2.05) is 12.1 Å². The van der Waals surface area contributed by atoms with Crippen LogP contribution in [-0.2, 0) is 13.1 Å². The summed E-state index contributed by atoms with van der Waals surface area (Å²) in [6.45, 7) is 5.01. The fourth-order valence-corrected chi connectivity index (χ4v) is 5.42. The molecule has 134 valence electrons. The Labute approximate surface area is 205 Å². The second kappa shape index (κ2) is 11.6. The second-order valence-corrected chi connectivity index (χ2v) is 9.14. The number of nitrogens with zero attached hydrogens (tertiary/aromatic N) is 1. The minimum atomic E-state index is 0. The Morgan fingerprint density at radius 3 is 2.69 bits per heavy atom. The standard InChI is InChI=1S/C20H24I2N2O.Na/c21-18-9-17(20(25)19(22)10-18)12-23-11-16-7-4-8-24(14-16)13-15-5-2-1-3-6-15;/h1-3,5-6,9-10,16,23,25H,4,7-8,11-14H2;/q;+1/p-1. The average molecular weight is 584 g/mol. The van der Waals surface area contributed by atoms with Crippen LogP contribution in [0.4, 0.5) is 0 Å². The molecule has 1 fully saturated rings. The van der Waals surface area contributed by atoms with Gasteiger partial charge in [-0.15, -0.1) is 0 Å². The molecule has 1 atom stereocenters. The maximum Gasteiger partial charge on any atom is 1.00 e. The Kier molecular flexibility index (Phi) is 10.2. The molecule has 0 aliphatic carbocycles. The molecule has 26 heavy (non-hydrogen) atoms. The van der Waals surface area contributed by atoms with Gasteiger partial charge in [0.1, 0.15) is 0 Å². The van der Waals surface area contributed by atoms with E-state index in [1.54, 1.807) is 0 Å². The van der Waals surface area contributed by atoms with Crippen molar-refractivity contribution in [2.24, 2.45) is 5.92 Å². The van der Waals surface area contributed by atoms with Crippen LogP contribution in [0.5, 0.6) is 5.75 Å². The van der Waals surface area contributed by atoms with Crippen LogP contribution in [0.2, 0.25) is 0 Å². The molecule has 0 amide bonds. The van der Waals surface area contributed by atoms with Crippen LogP contribution in [0.1, 0.15) is 24.0 Å². The smallest absolute Gasteiger partial charge is 0.872 e. The van der Waals surface area contributed by atoms with E-state index in [1.165, 1.54) is 24.9 Å². The van der Waals surface area contributed by atoms with Crippen LogP contribution in [0.15, 0.2) is 42.5 Å². The van der Waals surface area contributed by atoms with Crippen molar-refractivity contribution in [2.45, 2.75) is 25.9 Å². The molecule has 2 aromatic rings. The average Bonchev–Trinajstić information content (AvgIpc) is 2.60. The predicted molar refractivity (Wildman–Crippen MR) is 117 cm³/mol. The summed E-state index contributed by atoms with van der Waals surface area (Å²) in [6, 6.07) is 14.6. The quantitative estimate of drug-likeness (QED) is 0.407. The number of nitrogens with one attached hydrogen (secondary N) is 1. The Bertz CT molecular complexity index is 700. The molecular weight excluding hydrogens is 561 g/mol. The van der Waals surface area contributed by atoms with Gasteiger partial charge in [-0.3, -0.25) is 4.90 Å². The van der Waals surface area contributed by atoms with Gasteiger partial charge in [0.05, 0.1) is 0 Å². The van der Waals surface area contributed by atoms with Crippen molar-refractivity contribution in [1.29, 1.82) is 0 Å². The molecule has 1 N–H and O–H groups in total. The van der Waals surface area contributed by atoms with E-state index >= 15 is 0 Å². The first kappa shape index (κ1) is 22.9. The maximum atomic E-state index is 12.2. The van der Waals surface area contributed by atoms with Crippen LogP contribution in [-0.4, -0.2) is 24.5 Å². The number of halogens is 2. The third-order valence-electron chi connectivity index (χ3n) is 4.69. The molecule has 0 aromatic heterocycles. The van der Waals surface area contributed by atoms with Gasteiger partial charge in [-0.05, 0) is 100 Å². The maximum absolute atomic E-state index is 12.2. The first-order valence-electron chi connectivity index (χ1n) is 8.74. The Morgan fingerprint density at radius 2 is 1.92 bits per heavy atom. The topological polar surface area (TPSA) is 38.3 Å². The zero-order valence-electron chi connectivity index (χ0n) is 15.2. The number of benzene rings is 2. The van der Waals surface area contributed by atoms with Crippen LogP contribution in [0.25, 0.3) is 0 Å². The summed E-state index contributed by atoms with van der Waals surface area (Å²) in [5.74, 6) is 0.831. The summed E-state index contributed by atoms with van der Waals surface area (Å²) in [6.07, 6.45) is 2.53. The third-order valence-corrected chi connectivity index (χ3v) is 6.11. The van der Waals surface area contributed by atoms with Crippen molar-refractivity contribution in [2.75, 3.05) is 19.6 Å². The number of hydrogen-bond donors (Lipinski definition) is 1. The minimum Gasteiger partial charge on any atom is -0.872 e. The van der Waals surface area contributed by atoms with Gasteiger partial charge >= 0.3 is 29.6 Å². The number of hydrogen-bond acceptors (Lipinski definition) is 3. The van der Waals surface area contributed by atoms with Crippen LogP contribution in [0.3, 0.4) is 0 Å². The van der Waals surface area contributed by atoms with Crippen molar-refractivity contribution in [3.05, 3.63) is 60.7 Å². The Morgan fingerprint density at radius 1 is 1.15 bits per heavy atom. The van der Waals surface area contributed by atoms with E-state index in [9.17, 15) is 5.11 Å². The van der Waals surface area contributed by atoms with Crippen molar-refractivity contribution < 1.29 is 34.7 Å². The molecule has 1 heterocycles. The first-order chi connectivity index (χ1) is 12.1. The molecule has 1 saturated heterocycles. The van der Waals surface area contributed by atoms with E-state index in [2.05, 4.69) is 85.7 Å². The third kappa shape index (κ3) is 6.90. The molecule has 1 aliphatic rings. The first-order valence-corrected chi connectivity index (χ1v) is 10.9. The van der Waals surface area contributed by atoms with Gasteiger partial charge in [-0.2, -0.15) is 0 Å². The summed E-state index contributed by atoms with van der Waals surface area (Å²) >= 11 is 4.41. The van der Waals surface area contributed by atoms with E-state index < -0.39 is 0 Å².